The first-order valence-electron chi connectivity index (χ1n) is 6.70. The molecule has 0 amide bonds. The molecule has 0 bridgehead atoms. The van der Waals surface area contributed by atoms with Crippen molar-refractivity contribution in [2.75, 3.05) is 38.0 Å². The molecular formula is C14H22ClN3. The molecule has 100 valence electrons. The van der Waals surface area contributed by atoms with Crippen LogP contribution in [0.3, 0.4) is 0 Å². The van der Waals surface area contributed by atoms with Crippen molar-refractivity contribution in [2.45, 2.75) is 12.8 Å². The zero-order chi connectivity index (χ0) is 12.8. The van der Waals surface area contributed by atoms with E-state index in [1.807, 2.05) is 18.2 Å². The maximum Gasteiger partial charge on any atom is 0.0426 e. The molecule has 18 heavy (non-hydrogen) atoms. The zero-order valence-corrected chi connectivity index (χ0v) is 11.5. The zero-order valence-electron chi connectivity index (χ0n) is 10.7. The van der Waals surface area contributed by atoms with Crippen molar-refractivity contribution in [1.82, 2.24) is 4.90 Å². The van der Waals surface area contributed by atoms with Crippen LogP contribution in [0.2, 0.25) is 5.02 Å². The van der Waals surface area contributed by atoms with Crippen molar-refractivity contribution in [3.8, 4) is 0 Å². The molecule has 0 radical (unpaired) electrons. The van der Waals surface area contributed by atoms with Gasteiger partial charge in [0.1, 0.15) is 0 Å². The fraction of sp³-hybridized carbons (Fsp3) is 0.571. The summed E-state index contributed by atoms with van der Waals surface area (Å²) in [7, 11) is 0. The fourth-order valence-electron chi connectivity index (χ4n) is 2.46. The summed E-state index contributed by atoms with van der Waals surface area (Å²) >= 11 is 5.96. The van der Waals surface area contributed by atoms with Crippen molar-refractivity contribution >= 4 is 17.3 Å². The normalized spacial score (nSPS) is 17.9. The van der Waals surface area contributed by atoms with Gasteiger partial charge in [-0.1, -0.05) is 17.7 Å². The summed E-state index contributed by atoms with van der Waals surface area (Å²) < 4.78 is 0. The molecule has 0 aromatic heterocycles. The standard InChI is InChI=1S/C14H22ClN3/c15-13-2-1-3-14(10-13)17-11-12-4-7-18(8-5-12)9-6-16/h1-3,10,12,17H,4-9,11,16H2. The van der Waals surface area contributed by atoms with Crippen molar-refractivity contribution < 1.29 is 0 Å². The van der Waals surface area contributed by atoms with Crippen LogP contribution >= 0.6 is 11.6 Å². The molecule has 1 aromatic carbocycles. The Hall–Kier alpha value is -0.770. The van der Waals surface area contributed by atoms with Crippen LogP contribution < -0.4 is 11.1 Å². The molecule has 1 heterocycles. The highest BCUT2D eigenvalue weighted by molar-refractivity contribution is 6.30. The van der Waals surface area contributed by atoms with Crippen LogP contribution in [-0.4, -0.2) is 37.6 Å². The van der Waals surface area contributed by atoms with Gasteiger partial charge < -0.3 is 16.0 Å². The van der Waals surface area contributed by atoms with Crippen LogP contribution in [0.15, 0.2) is 24.3 Å². The summed E-state index contributed by atoms with van der Waals surface area (Å²) in [6, 6.07) is 7.92. The minimum atomic E-state index is 0.762. The number of nitrogens with one attached hydrogen (secondary N) is 1. The van der Waals surface area contributed by atoms with Gasteiger partial charge in [-0.05, 0) is 50.0 Å². The number of hydrogen-bond donors (Lipinski definition) is 2. The van der Waals surface area contributed by atoms with Gasteiger partial charge in [-0.2, -0.15) is 0 Å². The van der Waals surface area contributed by atoms with Crippen LogP contribution in [-0.2, 0) is 0 Å². The predicted octanol–water partition coefficient (Wildman–Crippen LogP) is 2.42. The van der Waals surface area contributed by atoms with Crippen LogP contribution in [0, 0.1) is 5.92 Å². The van der Waals surface area contributed by atoms with Crippen molar-refractivity contribution in [1.29, 1.82) is 0 Å². The lowest BCUT2D eigenvalue weighted by Crippen LogP contribution is -2.38. The molecule has 2 rings (SSSR count). The molecule has 0 spiro atoms. The number of rotatable bonds is 5. The van der Waals surface area contributed by atoms with Crippen molar-refractivity contribution in [2.24, 2.45) is 11.7 Å². The summed E-state index contributed by atoms with van der Waals surface area (Å²) in [6.07, 6.45) is 2.52. The van der Waals surface area contributed by atoms with Crippen LogP contribution in [0.1, 0.15) is 12.8 Å². The third-order valence-electron chi connectivity index (χ3n) is 3.57. The van der Waals surface area contributed by atoms with E-state index in [0.29, 0.717) is 0 Å². The molecule has 1 saturated heterocycles. The second-order valence-corrected chi connectivity index (χ2v) is 5.40. The number of nitrogens with two attached hydrogens (primary N) is 1. The minimum absolute atomic E-state index is 0.762. The monoisotopic (exact) mass is 267 g/mol. The maximum atomic E-state index is 5.96. The molecule has 4 heteroatoms. The van der Waals surface area contributed by atoms with Crippen molar-refractivity contribution in [3.05, 3.63) is 29.3 Å². The van der Waals surface area contributed by atoms with Gasteiger partial charge in [-0.15, -0.1) is 0 Å². The van der Waals surface area contributed by atoms with E-state index >= 15 is 0 Å². The van der Waals surface area contributed by atoms with Gasteiger partial charge in [-0.25, -0.2) is 0 Å². The van der Waals surface area contributed by atoms with E-state index in [9.17, 15) is 0 Å². The van der Waals surface area contributed by atoms with Gasteiger partial charge in [0.05, 0.1) is 0 Å². The second-order valence-electron chi connectivity index (χ2n) is 4.96. The van der Waals surface area contributed by atoms with Crippen LogP contribution in [0.5, 0.6) is 0 Å². The Labute approximate surface area is 114 Å². The quantitative estimate of drug-likeness (QED) is 0.861. The highest BCUT2D eigenvalue weighted by Gasteiger charge is 2.18. The smallest absolute Gasteiger partial charge is 0.0426 e. The molecule has 1 fully saturated rings. The highest BCUT2D eigenvalue weighted by Crippen LogP contribution is 2.19. The Morgan fingerprint density at radius 3 is 2.78 bits per heavy atom. The Balaban J connectivity index is 1.72. The van der Waals surface area contributed by atoms with E-state index < -0.39 is 0 Å². The molecule has 0 saturated carbocycles. The second kappa shape index (κ2) is 6.98. The molecular weight excluding hydrogens is 246 g/mol. The van der Waals surface area contributed by atoms with E-state index in [1.165, 1.54) is 25.9 Å². The fourth-order valence-corrected chi connectivity index (χ4v) is 2.65. The molecule has 1 aromatic rings. The van der Waals surface area contributed by atoms with Gasteiger partial charge in [0.2, 0.25) is 0 Å². The number of hydrogen-bond acceptors (Lipinski definition) is 3. The largest absolute Gasteiger partial charge is 0.385 e. The Morgan fingerprint density at radius 1 is 1.33 bits per heavy atom. The number of likely N-dealkylation sites (tertiary alicyclic amines) is 1. The molecule has 1 aliphatic rings. The molecule has 0 atom stereocenters. The number of halogens is 1. The Kier molecular flexibility index (Phi) is 5.29. The summed E-state index contributed by atoms with van der Waals surface area (Å²) in [4.78, 5) is 2.45. The lowest BCUT2D eigenvalue weighted by atomic mass is 9.96. The topological polar surface area (TPSA) is 41.3 Å². The molecule has 0 unspecified atom stereocenters. The first-order valence-corrected chi connectivity index (χ1v) is 7.07. The van der Waals surface area contributed by atoms with Gasteiger partial charge in [0.25, 0.3) is 0 Å². The molecule has 3 nitrogen and oxygen atoms in total. The van der Waals surface area contributed by atoms with Gasteiger partial charge in [-0.3, -0.25) is 0 Å². The number of benzene rings is 1. The van der Waals surface area contributed by atoms with E-state index in [4.69, 9.17) is 17.3 Å². The SMILES string of the molecule is NCCN1CCC(CNc2cccc(Cl)c2)CC1. The first-order chi connectivity index (χ1) is 8.78. The Bertz CT molecular complexity index is 362. The highest BCUT2D eigenvalue weighted by atomic mass is 35.5. The Morgan fingerprint density at radius 2 is 2.11 bits per heavy atom. The van der Waals surface area contributed by atoms with E-state index in [2.05, 4.69) is 16.3 Å². The molecule has 0 aliphatic carbocycles. The number of nitrogens with zero attached hydrogens (tertiary/aromatic N) is 1. The van der Waals surface area contributed by atoms with Crippen LogP contribution in [0.25, 0.3) is 0 Å². The van der Waals surface area contributed by atoms with E-state index in [0.717, 1.165) is 36.3 Å². The summed E-state index contributed by atoms with van der Waals surface area (Å²) in [5.41, 5.74) is 6.69. The predicted molar refractivity (Wildman–Crippen MR) is 78.2 cm³/mol. The summed E-state index contributed by atoms with van der Waals surface area (Å²) in [5.74, 6) is 0.762. The van der Waals surface area contributed by atoms with Gasteiger partial charge in [0.15, 0.2) is 0 Å². The average molecular weight is 268 g/mol. The third-order valence-corrected chi connectivity index (χ3v) is 3.81. The molecule has 1 aliphatic heterocycles. The number of anilines is 1. The first kappa shape index (κ1) is 13.7. The van der Waals surface area contributed by atoms with Gasteiger partial charge in [0, 0.05) is 30.3 Å². The lowest BCUT2D eigenvalue weighted by Gasteiger charge is -2.31. The van der Waals surface area contributed by atoms with E-state index in [-0.39, 0.29) is 0 Å². The number of piperidine rings is 1. The van der Waals surface area contributed by atoms with Crippen LogP contribution in [0.4, 0.5) is 5.69 Å². The summed E-state index contributed by atoms with van der Waals surface area (Å²) in [6.45, 7) is 5.20. The minimum Gasteiger partial charge on any atom is -0.385 e. The average Bonchev–Trinajstić information content (AvgIpc) is 2.38. The third kappa shape index (κ3) is 4.16. The van der Waals surface area contributed by atoms with Gasteiger partial charge >= 0.3 is 0 Å². The van der Waals surface area contributed by atoms with Crippen molar-refractivity contribution in [3.63, 3.8) is 0 Å². The van der Waals surface area contributed by atoms with E-state index in [1.54, 1.807) is 0 Å². The molecule has 3 N–H and O–H groups in total. The summed E-state index contributed by atoms with van der Waals surface area (Å²) in [5, 5.41) is 4.26. The maximum absolute atomic E-state index is 5.96. The lowest BCUT2D eigenvalue weighted by molar-refractivity contribution is 0.194.